The van der Waals surface area contributed by atoms with Crippen molar-refractivity contribution in [3.8, 4) is 0 Å². The van der Waals surface area contributed by atoms with Gasteiger partial charge in [-0.3, -0.25) is 14.9 Å². The van der Waals surface area contributed by atoms with Crippen LogP contribution in [-0.2, 0) is 19.7 Å². The number of nitrogens with one attached hydrogen (secondary N) is 1. The van der Waals surface area contributed by atoms with E-state index in [0.29, 0.717) is 9.47 Å². The van der Waals surface area contributed by atoms with E-state index >= 15 is 0 Å². The Morgan fingerprint density at radius 2 is 1.92 bits per heavy atom. The Morgan fingerprint density at radius 1 is 1.23 bits per heavy atom. The van der Waals surface area contributed by atoms with Crippen molar-refractivity contribution in [2.45, 2.75) is 30.5 Å². The van der Waals surface area contributed by atoms with Crippen molar-refractivity contribution in [1.29, 1.82) is 0 Å². The topological polar surface area (TPSA) is 81.2 Å². The van der Waals surface area contributed by atoms with Crippen molar-refractivity contribution in [2.24, 2.45) is 0 Å². The third-order valence-corrected chi connectivity index (χ3v) is 5.33. The van der Waals surface area contributed by atoms with E-state index in [-0.39, 0.29) is 23.0 Å². The molecular weight excluding hydrogens is 370 g/mol. The van der Waals surface area contributed by atoms with E-state index in [0.717, 1.165) is 5.56 Å². The summed E-state index contributed by atoms with van der Waals surface area (Å²) in [6.07, 6.45) is 3.20. The van der Waals surface area contributed by atoms with Gasteiger partial charge in [0.05, 0.1) is 12.9 Å². The smallest absolute Gasteiger partial charge is 0.316 e. The molecule has 0 fully saturated rings. The fourth-order valence-corrected chi connectivity index (χ4v) is 3.50. The summed E-state index contributed by atoms with van der Waals surface area (Å²) in [7, 11) is 1.33. The molecule has 1 aromatic heterocycles. The molecule has 0 spiro atoms. The van der Waals surface area contributed by atoms with Crippen LogP contribution < -0.4 is 5.32 Å². The van der Waals surface area contributed by atoms with Gasteiger partial charge in [-0.15, -0.1) is 10.2 Å². The number of anilines is 1. The lowest BCUT2D eigenvalue weighted by molar-refractivity contribution is -0.137. The Morgan fingerprint density at radius 3 is 2.54 bits per heavy atom. The first-order chi connectivity index (χ1) is 12.3. The quantitative estimate of drug-likeness (QED) is 0.350. The predicted octanol–water partition coefficient (Wildman–Crippen LogP) is 3.75. The number of aromatic nitrogens is 2. The van der Waals surface area contributed by atoms with Crippen LogP contribution in [-0.4, -0.2) is 34.9 Å². The van der Waals surface area contributed by atoms with Gasteiger partial charge in [0.1, 0.15) is 0 Å². The maximum atomic E-state index is 12.0. The minimum atomic E-state index is -0.337. The number of carbonyl (C=O) groups excluding carboxylic acids is 2. The third kappa shape index (κ3) is 6.27. The second-order valence-corrected chi connectivity index (χ2v) is 8.63. The van der Waals surface area contributed by atoms with Gasteiger partial charge >= 0.3 is 5.97 Å². The Balaban J connectivity index is 1.89. The summed E-state index contributed by atoms with van der Waals surface area (Å²) in [5.74, 6) is -0.467. The molecule has 1 amide bonds. The van der Waals surface area contributed by atoms with E-state index in [1.165, 1.54) is 41.8 Å². The van der Waals surface area contributed by atoms with E-state index in [4.69, 9.17) is 0 Å². The lowest BCUT2D eigenvalue weighted by Crippen LogP contribution is -2.10. The average molecular weight is 392 g/mol. The maximum Gasteiger partial charge on any atom is 0.316 e. The molecule has 1 N–H and O–H groups in total. The minimum absolute atomic E-state index is 0.0983. The second kappa shape index (κ2) is 8.95. The molecule has 0 aliphatic heterocycles. The summed E-state index contributed by atoms with van der Waals surface area (Å²) in [6.45, 7) is 6.47. The summed E-state index contributed by atoms with van der Waals surface area (Å²) in [6, 6.07) is 8.09. The van der Waals surface area contributed by atoms with Crippen LogP contribution >= 0.6 is 23.1 Å². The van der Waals surface area contributed by atoms with Crippen molar-refractivity contribution >= 4 is 46.2 Å². The van der Waals surface area contributed by atoms with Crippen molar-refractivity contribution in [3.63, 3.8) is 0 Å². The number of hydrogen-bond donors (Lipinski definition) is 1. The number of benzene rings is 1. The molecule has 2 aromatic rings. The van der Waals surface area contributed by atoms with Gasteiger partial charge in [-0.25, -0.2) is 0 Å². The molecule has 0 atom stereocenters. The van der Waals surface area contributed by atoms with Gasteiger partial charge in [0.2, 0.25) is 11.0 Å². The zero-order valence-corrected chi connectivity index (χ0v) is 16.7. The van der Waals surface area contributed by atoms with E-state index in [1.54, 1.807) is 6.08 Å². The number of methoxy groups -OCH3 is 1. The summed E-state index contributed by atoms with van der Waals surface area (Å²) >= 11 is 2.42. The first-order valence-corrected chi connectivity index (χ1v) is 9.71. The van der Waals surface area contributed by atoms with Crippen LogP contribution in [0.1, 0.15) is 31.9 Å². The molecule has 2 rings (SSSR count). The van der Waals surface area contributed by atoms with Crippen molar-refractivity contribution in [3.05, 3.63) is 41.5 Å². The summed E-state index contributed by atoms with van der Waals surface area (Å²) < 4.78 is 5.15. The van der Waals surface area contributed by atoms with E-state index < -0.39 is 0 Å². The van der Waals surface area contributed by atoms with Gasteiger partial charge < -0.3 is 4.74 Å². The predicted molar refractivity (Wildman–Crippen MR) is 105 cm³/mol. The lowest BCUT2D eigenvalue weighted by atomic mass is 9.87. The fourth-order valence-electron chi connectivity index (χ4n) is 1.91. The number of thioether (sulfide) groups is 1. The standard InChI is InChI=1S/C18H21N3O3S2/c1-18(2,3)13-8-5-12(6-9-13)7-10-14(22)19-16-20-21-17(26-16)25-11-15(23)24-4/h5-10H,11H2,1-4H3,(H,19,20,22)/b10-7+. The average Bonchev–Trinajstić information content (AvgIpc) is 3.04. The van der Waals surface area contributed by atoms with Crippen LogP contribution in [0.25, 0.3) is 6.08 Å². The van der Waals surface area contributed by atoms with Gasteiger partial charge in [0.25, 0.3) is 0 Å². The zero-order valence-electron chi connectivity index (χ0n) is 15.1. The molecule has 26 heavy (non-hydrogen) atoms. The molecule has 1 aromatic carbocycles. The Bertz CT molecular complexity index is 793. The first-order valence-electron chi connectivity index (χ1n) is 7.90. The molecule has 0 radical (unpaired) electrons. The Hall–Kier alpha value is -2.19. The summed E-state index contributed by atoms with van der Waals surface area (Å²) in [5, 5.41) is 10.8. The molecule has 1 heterocycles. The zero-order chi connectivity index (χ0) is 19.2. The van der Waals surface area contributed by atoms with Crippen LogP contribution in [0.5, 0.6) is 0 Å². The monoisotopic (exact) mass is 391 g/mol. The van der Waals surface area contributed by atoms with Crippen molar-refractivity contribution in [1.82, 2.24) is 10.2 Å². The van der Waals surface area contributed by atoms with Crippen LogP contribution in [0, 0.1) is 0 Å². The summed E-state index contributed by atoms with van der Waals surface area (Å²) in [5.41, 5.74) is 2.28. The molecular formula is C18H21N3O3S2. The van der Waals surface area contributed by atoms with Crippen molar-refractivity contribution in [2.75, 3.05) is 18.2 Å². The molecule has 0 aliphatic carbocycles. The highest BCUT2D eigenvalue weighted by molar-refractivity contribution is 8.01. The van der Waals surface area contributed by atoms with Crippen LogP contribution in [0.3, 0.4) is 0 Å². The second-order valence-electron chi connectivity index (χ2n) is 6.43. The Kier molecular flexibility index (Phi) is 6.93. The largest absolute Gasteiger partial charge is 0.468 e. The number of carbonyl (C=O) groups is 2. The molecule has 0 bridgehead atoms. The fraction of sp³-hybridized carbons (Fsp3) is 0.333. The molecule has 0 unspecified atom stereocenters. The van der Waals surface area contributed by atoms with Gasteiger partial charge in [0, 0.05) is 6.08 Å². The minimum Gasteiger partial charge on any atom is -0.468 e. The highest BCUT2D eigenvalue weighted by atomic mass is 32.2. The van der Waals surface area contributed by atoms with Crippen LogP contribution in [0.4, 0.5) is 5.13 Å². The molecule has 0 saturated heterocycles. The lowest BCUT2D eigenvalue weighted by Gasteiger charge is -2.18. The molecule has 6 nitrogen and oxygen atoms in total. The number of nitrogens with zero attached hydrogens (tertiary/aromatic N) is 2. The molecule has 0 aliphatic rings. The number of hydrogen-bond acceptors (Lipinski definition) is 7. The van der Waals surface area contributed by atoms with E-state index in [2.05, 4.69) is 53.2 Å². The third-order valence-electron chi connectivity index (χ3n) is 3.38. The molecule has 8 heteroatoms. The van der Waals surface area contributed by atoms with Crippen LogP contribution in [0.15, 0.2) is 34.7 Å². The van der Waals surface area contributed by atoms with E-state index in [9.17, 15) is 9.59 Å². The summed E-state index contributed by atoms with van der Waals surface area (Å²) in [4.78, 5) is 23.1. The van der Waals surface area contributed by atoms with Gasteiger partial charge in [-0.2, -0.15) is 0 Å². The number of rotatable bonds is 6. The van der Waals surface area contributed by atoms with Crippen molar-refractivity contribution < 1.29 is 14.3 Å². The molecule has 138 valence electrons. The highest BCUT2D eigenvalue weighted by Gasteiger charge is 2.12. The van der Waals surface area contributed by atoms with Gasteiger partial charge in [-0.05, 0) is 22.6 Å². The Labute approximate surface area is 161 Å². The highest BCUT2D eigenvalue weighted by Crippen LogP contribution is 2.25. The maximum absolute atomic E-state index is 12.0. The van der Waals surface area contributed by atoms with E-state index in [1.807, 2.05) is 12.1 Å². The van der Waals surface area contributed by atoms with Gasteiger partial charge in [-0.1, -0.05) is 68.1 Å². The van der Waals surface area contributed by atoms with Gasteiger partial charge in [0.15, 0.2) is 4.34 Å². The SMILES string of the molecule is COC(=O)CSc1nnc(NC(=O)/C=C/c2ccc(C(C)(C)C)cc2)s1. The van der Waals surface area contributed by atoms with Crippen LogP contribution in [0.2, 0.25) is 0 Å². The number of amides is 1. The number of ether oxygens (including phenoxy) is 1. The normalized spacial score (nSPS) is 11.5. The first kappa shape index (κ1) is 20.1. The number of esters is 1. The molecule has 0 saturated carbocycles.